The second-order valence-electron chi connectivity index (χ2n) is 6.53. The number of benzene rings is 2. The third-order valence-corrected chi connectivity index (χ3v) is 5.12. The van der Waals surface area contributed by atoms with Crippen LogP contribution < -0.4 is 10.1 Å². The lowest BCUT2D eigenvalue weighted by Crippen LogP contribution is -2.26. The Hall–Kier alpha value is -3.22. The molecule has 1 unspecified atom stereocenters. The van der Waals surface area contributed by atoms with E-state index in [2.05, 4.69) is 5.32 Å². The van der Waals surface area contributed by atoms with Crippen molar-refractivity contribution in [1.29, 1.82) is 0 Å². The van der Waals surface area contributed by atoms with Crippen molar-refractivity contribution in [2.45, 2.75) is 5.92 Å². The molecule has 0 spiro atoms. The Morgan fingerprint density at radius 3 is 2.35 bits per heavy atom. The molecule has 0 saturated carbocycles. The number of aliphatic carboxylic acids is 1. The molecule has 1 aliphatic rings. The van der Waals surface area contributed by atoms with Crippen molar-refractivity contribution in [1.82, 2.24) is 5.32 Å². The van der Waals surface area contributed by atoms with Crippen LogP contribution in [0.25, 0.3) is 6.08 Å². The van der Waals surface area contributed by atoms with Gasteiger partial charge in [-0.1, -0.05) is 59.6 Å². The van der Waals surface area contributed by atoms with Crippen LogP contribution in [0.15, 0.2) is 72.1 Å². The number of methoxy groups -OCH3 is 1. The summed E-state index contributed by atoms with van der Waals surface area (Å²) < 4.78 is 10.5. The van der Waals surface area contributed by atoms with E-state index in [1.165, 1.54) is 31.6 Å². The van der Waals surface area contributed by atoms with E-state index in [9.17, 15) is 14.7 Å². The van der Waals surface area contributed by atoms with E-state index >= 15 is 0 Å². The van der Waals surface area contributed by atoms with Gasteiger partial charge in [-0.2, -0.15) is 0 Å². The molecule has 2 N–H and O–H groups in total. The Morgan fingerprint density at radius 1 is 1.10 bits per heavy atom. The average Bonchev–Trinajstić information content (AvgIpc) is 2.76. The van der Waals surface area contributed by atoms with E-state index in [-0.39, 0.29) is 33.5 Å². The summed E-state index contributed by atoms with van der Waals surface area (Å²) in [4.78, 5) is 24.6. The van der Waals surface area contributed by atoms with Gasteiger partial charge in [-0.05, 0) is 29.3 Å². The van der Waals surface area contributed by atoms with Crippen molar-refractivity contribution in [2.24, 2.45) is 0 Å². The predicted octanol–water partition coefficient (Wildman–Crippen LogP) is 4.80. The Bertz CT molecular complexity index is 1050. The van der Waals surface area contributed by atoms with E-state index in [0.29, 0.717) is 5.56 Å². The number of carbonyl (C=O) groups excluding carboxylic acids is 1. The van der Waals surface area contributed by atoms with Crippen molar-refractivity contribution >= 4 is 41.2 Å². The highest BCUT2D eigenvalue weighted by Crippen LogP contribution is 2.41. The number of hydrogen-bond donors (Lipinski definition) is 2. The van der Waals surface area contributed by atoms with Crippen molar-refractivity contribution in [3.05, 3.63) is 93.3 Å². The molecule has 2 aromatic rings. The van der Waals surface area contributed by atoms with Gasteiger partial charge < -0.3 is 19.9 Å². The number of carboxylic acid groups (broad SMARTS) is 1. The highest BCUT2D eigenvalue weighted by Gasteiger charge is 2.34. The second kappa shape index (κ2) is 10.2. The summed E-state index contributed by atoms with van der Waals surface area (Å²) in [7, 11) is 1.42. The van der Waals surface area contributed by atoms with Crippen LogP contribution in [0.5, 0.6) is 5.75 Å². The number of hydrogen-bond acceptors (Lipinski definition) is 5. The van der Waals surface area contributed by atoms with Crippen LogP contribution in [-0.4, -0.2) is 30.8 Å². The maximum atomic E-state index is 12.8. The van der Waals surface area contributed by atoms with E-state index in [1.54, 1.807) is 6.08 Å². The summed E-state index contributed by atoms with van der Waals surface area (Å²) in [6, 6.07) is 12.6. The largest absolute Gasteiger partial charge is 0.494 e. The average molecular weight is 460 g/mol. The molecule has 0 fully saturated rings. The molecule has 0 amide bonds. The molecule has 0 aromatic heterocycles. The van der Waals surface area contributed by atoms with E-state index in [4.69, 9.17) is 32.7 Å². The van der Waals surface area contributed by atoms with Crippen LogP contribution >= 0.6 is 23.2 Å². The van der Waals surface area contributed by atoms with E-state index in [0.717, 1.165) is 5.56 Å². The Balaban J connectivity index is 1.84. The summed E-state index contributed by atoms with van der Waals surface area (Å²) >= 11 is 12.5. The second-order valence-corrected chi connectivity index (χ2v) is 7.35. The van der Waals surface area contributed by atoms with E-state index < -0.39 is 17.9 Å². The summed E-state index contributed by atoms with van der Waals surface area (Å²) in [5, 5.41) is 12.8. The first kappa shape index (κ1) is 22.5. The van der Waals surface area contributed by atoms with Gasteiger partial charge in [-0.25, -0.2) is 9.59 Å². The van der Waals surface area contributed by atoms with E-state index in [1.807, 2.05) is 36.4 Å². The molecule has 1 atom stereocenters. The molecule has 3 rings (SSSR count). The van der Waals surface area contributed by atoms with Gasteiger partial charge >= 0.3 is 11.9 Å². The predicted molar refractivity (Wildman–Crippen MR) is 119 cm³/mol. The van der Waals surface area contributed by atoms with Crippen LogP contribution in [0.1, 0.15) is 17.0 Å². The summed E-state index contributed by atoms with van der Waals surface area (Å²) in [6.07, 6.45) is 6.25. The lowest BCUT2D eigenvalue weighted by molar-refractivity contribution is -0.138. The van der Waals surface area contributed by atoms with Crippen LogP contribution in [-0.2, 0) is 14.3 Å². The summed E-state index contributed by atoms with van der Waals surface area (Å²) in [6.45, 7) is 0.0219. The van der Waals surface area contributed by atoms with Gasteiger partial charge in [0.1, 0.15) is 6.61 Å². The van der Waals surface area contributed by atoms with Crippen molar-refractivity contribution in [2.75, 3.05) is 13.7 Å². The quantitative estimate of drug-likeness (QED) is 0.578. The SMILES string of the molecule is COc1c(Cl)cc(C2C(C(=O)O)=CNC=C2C(=O)OC/C=C/c2ccccc2)cc1Cl. The van der Waals surface area contributed by atoms with Crippen molar-refractivity contribution in [3.8, 4) is 5.75 Å². The number of halogens is 2. The zero-order chi connectivity index (χ0) is 22.4. The Kier molecular flexibility index (Phi) is 7.39. The number of rotatable bonds is 7. The smallest absolute Gasteiger partial charge is 0.336 e. The van der Waals surface area contributed by atoms with Crippen LogP contribution in [0, 0.1) is 0 Å². The topological polar surface area (TPSA) is 84.9 Å². The maximum Gasteiger partial charge on any atom is 0.336 e. The van der Waals surface area contributed by atoms with Crippen molar-refractivity contribution in [3.63, 3.8) is 0 Å². The molecule has 1 heterocycles. The molecule has 8 heteroatoms. The first-order valence-corrected chi connectivity index (χ1v) is 9.99. The van der Waals surface area contributed by atoms with Gasteiger partial charge in [0.15, 0.2) is 5.75 Å². The zero-order valence-corrected chi connectivity index (χ0v) is 18.0. The van der Waals surface area contributed by atoms with Gasteiger partial charge in [-0.3, -0.25) is 0 Å². The number of dihydropyridines is 1. The molecule has 31 heavy (non-hydrogen) atoms. The summed E-state index contributed by atoms with van der Waals surface area (Å²) in [5.41, 5.74) is 1.46. The molecule has 0 aliphatic carbocycles. The minimum Gasteiger partial charge on any atom is -0.494 e. The molecule has 6 nitrogen and oxygen atoms in total. The Morgan fingerprint density at radius 2 is 1.74 bits per heavy atom. The maximum absolute atomic E-state index is 12.8. The number of carbonyl (C=O) groups is 2. The molecule has 0 saturated heterocycles. The van der Waals surface area contributed by atoms with Crippen LogP contribution in [0.2, 0.25) is 10.0 Å². The van der Waals surface area contributed by atoms with Crippen LogP contribution in [0.3, 0.4) is 0 Å². The molecular formula is C23H19Cl2NO5. The third-order valence-electron chi connectivity index (χ3n) is 4.56. The fourth-order valence-electron chi connectivity index (χ4n) is 3.17. The molecule has 2 aromatic carbocycles. The van der Waals surface area contributed by atoms with Gasteiger partial charge in [0.05, 0.1) is 34.2 Å². The number of esters is 1. The van der Waals surface area contributed by atoms with Gasteiger partial charge in [0.25, 0.3) is 0 Å². The monoisotopic (exact) mass is 459 g/mol. The minimum atomic E-state index is -1.19. The lowest BCUT2D eigenvalue weighted by atomic mass is 9.83. The first-order valence-electron chi connectivity index (χ1n) is 9.23. The fraction of sp³-hybridized carbons (Fsp3) is 0.130. The third kappa shape index (κ3) is 5.29. The van der Waals surface area contributed by atoms with Crippen LogP contribution in [0.4, 0.5) is 0 Å². The Labute approximate surface area is 189 Å². The fourth-order valence-corrected chi connectivity index (χ4v) is 3.83. The highest BCUT2D eigenvalue weighted by atomic mass is 35.5. The zero-order valence-electron chi connectivity index (χ0n) is 16.5. The highest BCUT2D eigenvalue weighted by molar-refractivity contribution is 6.37. The molecule has 160 valence electrons. The normalized spacial score (nSPS) is 15.6. The molecule has 0 radical (unpaired) electrons. The standard InChI is InChI=1S/C23H19Cl2NO5/c1-30-21-18(24)10-15(11-19(21)25)20-16(22(27)28)12-26-13-17(20)23(29)31-9-5-8-14-6-3-2-4-7-14/h2-8,10-13,20,26H,9H2,1H3,(H,27,28)/b8-5+. The molecule has 1 aliphatic heterocycles. The van der Waals surface area contributed by atoms with Crippen molar-refractivity contribution < 1.29 is 24.2 Å². The minimum absolute atomic E-state index is 0.0219. The lowest BCUT2D eigenvalue weighted by Gasteiger charge is -2.24. The van der Waals surface area contributed by atoms with Gasteiger partial charge in [0.2, 0.25) is 0 Å². The molecular weight excluding hydrogens is 441 g/mol. The first-order chi connectivity index (χ1) is 14.9. The number of carboxylic acids is 1. The molecule has 0 bridgehead atoms. The number of ether oxygens (including phenoxy) is 2. The van der Waals surface area contributed by atoms with Gasteiger partial charge in [-0.15, -0.1) is 0 Å². The summed E-state index contributed by atoms with van der Waals surface area (Å²) in [5.74, 6) is -2.51. The number of nitrogens with one attached hydrogen (secondary N) is 1. The van der Waals surface area contributed by atoms with Gasteiger partial charge in [0, 0.05) is 12.4 Å².